The van der Waals surface area contributed by atoms with Crippen LogP contribution in [0.5, 0.6) is 0 Å². The number of H-pyrrole nitrogens is 1. The number of hydrogen-bond acceptors (Lipinski definition) is 5. The summed E-state index contributed by atoms with van der Waals surface area (Å²) in [6, 6.07) is 21.0. The van der Waals surface area contributed by atoms with Crippen molar-refractivity contribution in [2.75, 3.05) is 17.6 Å². The number of pyridine rings is 2. The van der Waals surface area contributed by atoms with E-state index in [1.807, 2.05) is 24.5 Å². The molecule has 4 heterocycles. The fraction of sp³-hybridized carbons (Fsp3) is 0.148. The van der Waals surface area contributed by atoms with Gasteiger partial charge in [0.1, 0.15) is 5.82 Å². The van der Waals surface area contributed by atoms with E-state index >= 15 is 0 Å². The van der Waals surface area contributed by atoms with Crippen LogP contribution in [0.1, 0.15) is 23.5 Å². The minimum absolute atomic E-state index is 0.527. The summed E-state index contributed by atoms with van der Waals surface area (Å²) in [5.41, 5.74) is 16.2. The summed E-state index contributed by atoms with van der Waals surface area (Å²) in [5, 5.41) is 3.50. The Kier molecular flexibility index (Phi) is 4.76. The Morgan fingerprint density at radius 3 is 2.79 bits per heavy atom. The number of nitrogens with one attached hydrogen (secondary N) is 2. The molecule has 1 aliphatic heterocycles. The fourth-order valence-corrected chi connectivity index (χ4v) is 4.47. The number of fused-ring (bicyclic) bond motifs is 9. The molecule has 1 aliphatic rings. The SMILES string of the molecule is Nc1ccc2nc1Cc1nc3c(cccc3[nH]1)-c1cccc(c1)CCCNc1cncc-2c1. The number of anilines is 2. The highest BCUT2D eigenvalue weighted by Crippen LogP contribution is 2.29. The number of imidazole rings is 1. The number of nitrogens with zero attached hydrogens (tertiary/aromatic N) is 3. The minimum atomic E-state index is 0.527. The van der Waals surface area contributed by atoms with Crippen molar-refractivity contribution in [3.63, 3.8) is 0 Å². The third-order valence-corrected chi connectivity index (χ3v) is 6.15. The molecular weight excluding hydrogens is 408 g/mol. The summed E-state index contributed by atoms with van der Waals surface area (Å²) < 4.78 is 0. The molecule has 0 aliphatic carbocycles. The molecule has 0 spiro atoms. The van der Waals surface area contributed by atoms with Gasteiger partial charge in [-0.2, -0.15) is 0 Å². The average Bonchev–Trinajstić information content (AvgIpc) is 3.26. The molecule has 4 N–H and O–H groups in total. The zero-order valence-corrected chi connectivity index (χ0v) is 18.2. The van der Waals surface area contributed by atoms with Crippen molar-refractivity contribution < 1.29 is 0 Å². The van der Waals surface area contributed by atoms with Gasteiger partial charge in [0.15, 0.2) is 0 Å². The third kappa shape index (κ3) is 3.80. The van der Waals surface area contributed by atoms with Crippen LogP contribution in [-0.2, 0) is 12.8 Å². The number of hydrogen-bond donors (Lipinski definition) is 3. The molecule has 3 aromatic heterocycles. The van der Waals surface area contributed by atoms with Gasteiger partial charge in [-0.1, -0.05) is 36.4 Å². The van der Waals surface area contributed by atoms with Crippen molar-refractivity contribution in [1.82, 2.24) is 19.9 Å². The van der Waals surface area contributed by atoms with Crippen LogP contribution in [0, 0.1) is 0 Å². The van der Waals surface area contributed by atoms with Gasteiger partial charge in [-0.25, -0.2) is 4.98 Å². The van der Waals surface area contributed by atoms with E-state index in [9.17, 15) is 0 Å². The fourth-order valence-electron chi connectivity index (χ4n) is 4.47. The van der Waals surface area contributed by atoms with Gasteiger partial charge in [-0.15, -0.1) is 0 Å². The quantitative estimate of drug-likeness (QED) is 0.312. The first-order valence-electron chi connectivity index (χ1n) is 11.2. The van der Waals surface area contributed by atoms with Crippen LogP contribution in [0.4, 0.5) is 11.4 Å². The molecule has 162 valence electrons. The van der Waals surface area contributed by atoms with E-state index in [1.165, 1.54) is 11.1 Å². The van der Waals surface area contributed by atoms with Crippen molar-refractivity contribution in [2.45, 2.75) is 19.3 Å². The molecule has 0 fully saturated rings. The Labute approximate surface area is 191 Å². The van der Waals surface area contributed by atoms with Gasteiger partial charge < -0.3 is 16.0 Å². The van der Waals surface area contributed by atoms with E-state index in [2.05, 4.69) is 63.8 Å². The molecule has 0 saturated heterocycles. The molecule has 6 heteroatoms. The first-order chi connectivity index (χ1) is 16.2. The van der Waals surface area contributed by atoms with Crippen LogP contribution in [0.3, 0.4) is 0 Å². The number of benzene rings is 2. The van der Waals surface area contributed by atoms with Crippen LogP contribution >= 0.6 is 0 Å². The predicted octanol–water partition coefficient (Wildman–Crippen LogP) is 5.22. The molecule has 6 nitrogen and oxygen atoms in total. The molecule has 6 rings (SSSR count). The second-order valence-electron chi connectivity index (χ2n) is 8.49. The van der Waals surface area contributed by atoms with E-state index in [0.29, 0.717) is 12.1 Å². The van der Waals surface area contributed by atoms with Crippen LogP contribution in [0.15, 0.2) is 73.1 Å². The molecule has 0 amide bonds. The van der Waals surface area contributed by atoms with Gasteiger partial charge in [-0.3, -0.25) is 9.97 Å². The summed E-state index contributed by atoms with van der Waals surface area (Å²) in [4.78, 5) is 17.7. The normalized spacial score (nSPS) is 13.3. The monoisotopic (exact) mass is 432 g/mol. The molecule has 8 bridgehead atoms. The zero-order valence-electron chi connectivity index (χ0n) is 18.2. The first kappa shape index (κ1) is 19.5. The molecular formula is C27H24N6. The van der Waals surface area contributed by atoms with Crippen molar-refractivity contribution in [3.8, 4) is 22.4 Å². The number of nitrogens with two attached hydrogens (primary N) is 1. The maximum Gasteiger partial charge on any atom is 0.113 e. The lowest BCUT2D eigenvalue weighted by atomic mass is 10.00. The van der Waals surface area contributed by atoms with Gasteiger partial charge in [0.2, 0.25) is 0 Å². The Morgan fingerprint density at radius 1 is 0.879 bits per heavy atom. The van der Waals surface area contributed by atoms with E-state index in [0.717, 1.165) is 64.4 Å². The van der Waals surface area contributed by atoms with Gasteiger partial charge in [-0.05, 0) is 48.2 Å². The lowest BCUT2D eigenvalue weighted by molar-refractivity contribution is 0.862. The highest BCUT2D eigenvalue weighted by Gasteiger charge is 2.13. The number of nitrogen functional groups attached to an aromatic ring is 1. The van der Waals surface area contributed by atoms with Crippen LogP contribution in [0.25, 0.3) is 33.4 Å². The lowest BCUT2D eigenvalue weighted by Gasteiger charge is -2.10. The smallest absolute Gasteiger partial charge is 0.113 e. The Bertz CT molecular complexity index is 1470. The summed E-state index contributed by atoms with van der Waals surface area (Å²) in [6.45, 7) is 0.869. The predicted molar refractivity (Wildman–Crippen MR) is 133 cm³/mol. The maximum absolute atomic E-state index is 6.30. The van der Waals surface area contributed by atoms with Gasteiger partial charge in [0, 0.05) is 30.1 Å². The van der Waals surface area contributed by atoms with Gasteiger partial charge in [0.25, 0.3) is 0 Å². The molecule has 0 saturated carbocycles. The van der Waals surface area contributed by atoms with Crippen molar-refractivity contribution in [1.29, 1.82) is 0 Å². The Hall–Kier alpha value is -4.19. The van der Waals surface area contributed by atoms with E-state index < -0.39 is 0 Å². The molecule has 0 radical (unpaired) electrons. The first-order valence-corrected chi connectivity index (χ1v) is 11.2. The average molecular weight is 433 g/mol. The number of aromatic amines is 1. The molecule has 0 unspecified atom stereocenters. The molecule has 33 heavy (non-hydrogen) atoms. The second kappa shape index (κ2) is 8.06. The van der Waals surface area contributed by atoms with Gasteiger partial charge >= 0.3 is 0 Å². The van der Waals surface area contributed by atoms with E-state index in [1.54, 1.807) is 0 Å². The maximum atomic E-state index is 6.30. The number of aryl methyl sites for hydroxylation is 1. The number of rotatable bonds is 0. The summed E-state index contributed by atoms with van der Waals surface area (Å²) in [7, 11) is 0. The Balaban J connectivity index is 1.50. The van der Waals surface area contributed by atoms with Crippen LogP contribution < -0.4 is 11.1 Å². The van der Waals surface area contributed by atoms with Crippen molar-refractivity contribution in [3.05, 3.63) is 90.1 Å². The number of para-hydroxylation sites is 1. The summed E-state index contributed by atoms with van der Waals surface area (Å²) in [6.07, 6.45) is 6.24. The van der Waals surface area contributed by atoms with Crippen LogP contribution in [-0.4, -0.2) is 26.5 Å². The number of aromatic nitrogens is 4. The van der Waals surface area contributed by atoms with Crippen molar-refractivity contribution >= 4 is 22.4 Å². The molecule has 0 atom stereocenters. The topological polar surface area (TPSA) is 92.5 Å². The summed E-state index contributed by atoms with van der Waals surface area (Å²) in [5.74, 6) is 0.847. The minimum Gasteiger partial charge on any atom is -0.397 e. The Morgan fingerprint density at radius 2 is 1.82 bits per heavy atom. The lowest BCUT2D eigenvalue weighted by Crippen LogP contribution is -2.04. The van der Waals surface area contributed by atoms with Crippen LogP contribution in [0.2, 0.25) is 0 Å². The standard InChI is InChI=1S/C27H24N6/c28-22-9-10-23-19-13-20(16-29-15-19)30-11-3-5-17-4-1-6-18(12-17)21-7-2-8-24-27(21)33-26(32-24)14-25(22)31-23/h1-2,4,6-10,12-13,15-16,30H,3,5,11,14,28H2,(H,32,33). The molecule has 5 aromatic rings. The largest absolute Gasteiger partial charge is 0.397 e. The van der Waals surface area contributed by atoms with Gasteiger partial charge in [0.05, 0.1) is 40.2 Å². The third-order valence-electron chi connectivity index (χ3n) is 6.15. The second-order valence-corrected chi connectivity index (χ2v) is 8.49. The van der Waals surface area contributed by atoms with E-state index in [4.69, 9.17) is 15.7 Å². The molecule has 2 aromatic carbocycles. The summed E-state index contributed by atoms with van der Waals surface area (Å²) >= 11 is 0. The van der Waals surface area contributed by atoms with Crippen molar-refractivity contribution in [2.24, 2.45) is 0 Å². The highest BCUT2D eigenvalue weighted by atomic mass is 14.9. The highest BCUT2D eigenvalue weighted by molar-refractivity contribution is 5.92. The van der Waals surface area contributed by atoms with E-state index in [-0.39, 0.29) is 0 Å². The zero-order chi connectivity index (χ0) is 22.2.